The number of nitrogens with two attached hydrogens (primary N) is 1. The minimum absolute atomic E-state index is 0.213. The van der Waals surface area contributed by atoms with E-state index in [1.54, 1.807) is 0 Å². The van der Waals surface area contributed by atoms with Gasteiger partial charge in [-0.2, -0.15) is 0 Å². The van der Waals surface area contributed by atoms with Crippen LogP contribution in [0.3, 0.4) is 0 Å². The van der Waals surface area contributed by atoms with E-state index in [1.807, 2.05) is 18.7 Å². The molecule has 100 valence electrons. The zero-order chi connectivity index (χ0) is 12.9. The average molecular weight is 242 g/mol. The molecule has 0 aromatic carbocycles. The Labute approximate surface area is 104 Å². The first-order chi connectivity index (χ1) is 8.13. The van der Waals surface area contributed by atoms with E-state index >= 15 is 0 Å². The normalized spacial score (nSPS) is 20.9. The Hall–Kier alpha value is -0.610. The van der Waals surface area contributed by atoms with Crippen LogP contribution in [-0.2, 0) is 4.79 Å². The molecule has 0 radical (unpaired) electrons. The molecule has 1 unspecified atom stereocenters. The second kappa shape index (κ2) is 6.36. The van der Waals surface area contributed by atoms with Gasteiger partial charge in [-0.05, 0) is 31.6 Å². The predicted molar refractivity (Wildman–Crippen MR) is 68.5 cm³/mol. The summed E-state index contributed by atoms with van der Waals surface area (Å²) in [6, 6.07) is 0. The summed E-state index contributed by atoms with van der Waals surface area (Å²) in [4.78, 5) is 14.4. The SMILES string of the molecule is CCC(CC)(CN)C(=O)N1CCC(CCO)C1. The zero-order valence-electron chi connectivity index (χ0n) is 11.1. The van der Waals surface area contributed by atoms with Crippen LogP contribution in [-0.4, -0.2) is 42.2 Å². The topological polar surface area (TPSA) is 66.6 Å². The minimum atomic E-state index is -0.367. The van der Waals surface area contributed by atoms with Crippen LogP contribution in [0.4, 0.5) is 0 Å². The Morgan fingerprint density at radius 2 is 2.12 bits per heavy atom. The van der Waals surface area contributed by atoms with Crippen molar-refractivity contribution in [2.24, 2.45) is 17.1 Å². The molecule has 0 aromatic heterocycles. The van der Waals surface area contributed by atoms with Crippen LogP contribution >= 0.6 is 0 Å². The van der Waals surface area contributed by atoms with Gasteiger partial charge in [0.25, 0.3) is 0 Å². The Bertz CT molecular complexity index is 244. The van der Waals surface area contributed by atoms with Gasteiger partial charge >= 0.3 is 0 Å². The molecule has 1 fully saturated rings. The van der Waals surface area contributed by atoms with Crippen molar-refractivity contribution in [3.8, 4) is 0 Å². The number of likely N-dealkylation sites (tertiary alicyclic amines) is 1. The van der Waals surface area contributed by atoms with E-state index in [1.165, 1.54) is 0 Å². The highest BCUT2D eigenvalue weighted by Crippen LogP contribution is 2.31. The molecule has 0 spiro atoms. The molecule has 0 aromatic rings. The van der Waals surface area contributed by atoms with Gasteiger partial charge in [-0.3, -0.25) is 4.79 Å². The lowest BCUT2D eigenvalue weighted by Crippen LogP contribution is -2.46. The number of carbonyl (C=O) groups excluding carboxylic acids is 1. The molecule has 1 rings (SSSR count). The van der Waals surface area contributed by atoms with E-state index in [2.05, 4.69) is 0 Å². The molecule has 17 heavy (non-hydrogen) atoms. The summed E-state index contributed by atoms with van der Waals surface area (Å²) < 4.78 is 0. The van der Waals surface area contributed by atoms with Crippen LogP contribution in [0.25, 0.3) is 0 Å². The predicted octanol–water partition coefficient (Wildman–Crippen LogP) is 0.982. The van der Waals surface area contributed by atoms with Gasteiger partial charge in [0.05, 0.1) is 5.41 Å². The largest absolute Gasteiger partial charge is 0.396 e. The quantitative estimate of drug-likeness (QED) is 0.729. The second-order valence-electron chi connectivity index (χ2n) is 5.11. The van der Waals surface area contributed by atoms with Crippen molar-refractivity contribution in [2.75, 3.05) is 26.2 Å². The number of aliphatic hydroxyl groups is 1. The first kappa shape index (κ1) is 14.5. The van der Waals surface area contributed by atoms with Crippen LogP contribution in [0.5, 0.6) is 0 Å². The van der Waals surface area contributed by atoms with Crippen LogP contribution in [0, 0.1) is 11.3 Å². The monoisotopic (exact) mass is 242 g/mol. The van der Waals surface area contributed by atoms with Crippen molar-refractivity contribution in [1.29, 1.82) is 0 Å². The number of nitrogens with zero attached hydrogens (tertiary/aromatic N) is 1. The maximum atomic E-state index is 12.5. The lowest BCUT2D eigenvalue weighted by molar-refractivity contribution is -0.141. The number of carbonyl (C=O) groups is 1. The fourth-order valence-electron chi connectivity index (χ4n) is 2.70. The minimum Gasteiger partial charge on any atom is -0.396 e. The molecule has 1 aliphatic rings. The van der Waals surface area contributed by atoms with E-state index in [0.29, 0.717) is 12.5 Å². The lowest BCUT2D eigenvalue weighted by Gasteiger charge is -2.33. The lowest BCUT2D eigenvalue weighted by atomic mass is 9.81. The van der Waals surface area contributed by atoms with Gasteiger partial charge < -0.3 is 15.7 Å². The Morgan fingerprint density at radius 1 is 1.47 bits per heavy atom. The van der Waals surface area contributed by atoms with Gasteiger partial charge in [0.1, 0.15) is 0 Å². The van der Waals surface area contributed by atoms with Crippen LogP contribution in [0.1, 0.15) is 39.5 Å². The van der Waals surface area contributed by atoms with Crippen molar-refractivity contribution in [3.63, 3.8) is 0 Å². The fourth-order valence-corrected chi connectivity index (χ4v) is 2.70. The Balaban J connectivity index is 2.64. The summed E-state index contributed by atoms with van der Waals surface area (Å²) in [5, 5.41) is 8.93. The Morgan fingerprint density at radius 3 is 2.59 bits per heavy atom. The Kier molecular flexibility index (Phi) is 5.40. The van der Waals surface area contributed by atoms with Crippen molar-refractivity contribution in [3.05, 3.63) is 0 Å². The van der Waals surface area contributed by atoms with Crippen LogP contribution < -0.4 is 5.73 Å². The molecule has 1 saturated heterocycles. The fraction of sp³-hybridized carbons (Fsp3) is 0.923. The van der Waals surface area contributed by atoms with E-state index < -0.39 is 0 Å². The second-order valence-corrected chi connectivity index (χ2v) is 5.11. The highest BCUT2D eigenvalue weighted by Gasteiger charge is 2.39. The molecule has 0 aliphatic carbocycles. The highest BCUT2D eigenvalue weighted by atomic mass is 16.3. The number of hydrogen-bond acceptors (Lipinski definition) is 3. The molecule has 0 bridgehead atoms. The molecular formula is C13H26N2O2. The molecule has 4 nitrogen and oxygen atoms in total. The maximum Gasteiger partial charge on any atom is 0.230 e. The molecule has 3 N–H and O–H groups in total. The number of rotatable bonds is 6. The van der Waals surface area contributed by atoms with Crippen molar-refractivity contribution >= 4 is 5.91 Å². The van der Waals surface area contributed by atoms with Gasteiger partial charge in [0.15, 0.2) is 0 Å². The number of aliphatic hydroxyl groups excluding tert-OH is 1. The van der Waals surface area contributed by atoms with E-state index in [0.717, 1.165) is 38.8 Å². The summed E-state index contributed by atoms with van der Waals surface area (Å²) in [6.07, 6.45) is 3.43. The van der Waals surface area contributed by atoms with Crippen LogP contribution in [0.15, 0.2) is 0 Å². The molecule has 1 amide bonds. The summed E-state index contributed by atoms with van der Waals surface area (Å²) in [6.45, 7) is 6.34. The molecule has 4 heteroatoms. The van der Waals surface area contributed by atoms with Crippen LogP contribution in [0.2, 0.25) is 0 Å². The summed E-state index contributed by atoms with van der Waals surface area (Å²) >= 11 is 0. The first-order valence-electron chi connectivity index (χ1n) is 6.73. The van der Waals surface area contributed by atoms with Gasteiger partial charge in [0, 0.05) is 26.2 Å². The smallest absolute Gasteiger partial charge is 0.230 e. The van der Waals surface area contributed by atoms with Crippen molar-refractivity contribution in [1.82, 2.24) is 4.90 Å². The van der Waals surface area contributed by atoms with E-state index in [-0.39, 0.29) is 17.9 Å². The average Bonchev–Trinajstić information content (AvgIpc) is 2.81. The van der Waals surface area contributed by atoms with E-state index in [4.69, 9.17) is 10.8 Å². The van der Waals surface area contributed by atoms with Gasteiger partial charge in [0.2, 0.25) is 5.91 Å². The number of hydrogen-bond donors (Lipinski definition) is 2. The molecule has 1 atom stereocenters. The molecular weight excluding hydrogens is 216 g/mol. The summed E-state index contributed by atoms with van der Waals surface area (Å²) in [5.41, 5.74) is 5.44. The highest BCUT2D eigenvalue weighted by molar-refractivity contribution is 5.83. The van der Waals surface area contributed by atoms with Gasteiger partial charge in [-0.15, -0.1) is 0 Å². The van der Waals surface area contributed by atoms with Crippen molar-refractivity contribution in [2.45, 2.75) is 39.5 Å². The standard InChI is InChI=1S/C13H26N2O2/c1-3-13(4-2,10-14)12(17)15-7-5-11(9-15)6-8-16/h11,16H,3-10,14H2,1-2H3. The van der Waals surface area contributed by atoms with Crippen molar-refractivity contribution < 1.29 is 9.90 Å². The maximum absolute atomic E-state index is 12.5. The third-order valence-corrected chi connectivity index (χ3v) is 4.31. The number of amides is 1. The van der Waals surface area contributed by atoms with E-state index in [9.17, 15) is 4.79 Å². The summed E-state index contributed by atoms with van der Waals surface area (Å²) in [5.74, 6) is 0.679. The summed E-state index contributed by atoms with van der Waals surface area (Å²) in [7, 11) is 0. The van der Waals surface area contributed by atoms with Gasteiger partial charge in [-0.25, -0.2) is 0 Å². The molecule has 1 heterocycles. The third kappa shape index (κ3) is 2.99. The van der Waals surface area contributed by atoms with Gasteiger partial charge in [-0.1, -0.05) is 13.8 Å². The zero-order valence-corrected chi connectivity index (χ0v) is 11.1. The molecule has 0 saturated carbocycles. The molecule has 1 aliphatic heterocycles. The first-order valence-corrected chi connectivity index (χ1v) is 6.73. The third-order valence-electron chi connectivity index (χ3n) is 4.31.